The van der Waals surface area contributed by atoms with E-state index in [4.69, 9.17) is 10.5 Å². The van der Waals surface area contributed by atoms with Gasteiger partial charge in [-0.05, 0) is 59.5 Å². The fourth-order valence-electron chi connectivity index (χ4n) is 3.52. The molecule has 0 aliphatic carbocycles. The van der Waals surface area contributed by atoms with E-state index in [9.17, 15) is 4.79 Å². The van der Waals surface area contributed by atoms with Crippen molar-refractivity contribution in [3.05, 3.63) is 0 Å². The minimum absolute atomic E-state index is 0.0461. The van der Waals surface area contributed by atoms with Gasteiger partial charge >= 0.3 is 6.09 Å². The molecule has 1 unspecified atom stereocenters. The number of nitrogens with zero attached hydrogens (tertiary/aromatic N) is 2. The fraction of sp³-hybridized carbons (Fsp3) is 0.938. The molecule has 21 heavy (non-hydrogen) atoms. The molecule has 2 heterocycles. The number of carbonyl (C=O) groups excluding carboxylic acids is 1. The zero-order valence-corrected chi connectivity index (χ0v) is 13.9. The molecule has 2 saturated heterocycles. The maximum Gasteiger partial charge on any atom is 0.410 e. The van der Waals surface area contributed by atoms with Crippen molar-refractivity contribution >= 4 is 6.09 Å². The molecular formula is C16H31N3O2. The molecule has 5 heteroatoms. The molecule has 122 valence electrons. The van der Waals surface area contributed by atoms with Crippen LogP contribution in [0.2, 0.25) is 0 Å². The number of hydrogen-bond acceptors (Lipinski definition) is 4. The third-order valence-corrected chi connectivity index (χ3v) is 4.61. The largest absolute Gasteiger partial charge is 0.444 e. The predicted molar refractivity (Wildman–Crippen MR) is 84.3 cm³/mol. The molecule has 1 atom stereocenters. The van der Waals surface area contributed by atoms with Gasteiger partial charge in [0.1, 0.15) is 5.60 Å². The average molecular weight is 297 g/mol. The summed E-state index contributed by atoms with van der Waals surface area (Å²) in [5, 5.41) is 0. The van der Waals surface area contributed by atoms with Gasteiger partial charge in [0.2, 0.25) is 0 Å². The Kier molecular flexibility index (Phi) is 5.15. The van der Waals surface area contributed by atoms with Gasteiger partial charge in [0.05, 0.1) is 5.54 Å². The van der Waals surface area contributed by atoms with Crippen LogP contribution in [0, 0.1) is 0 Å². The first-order valence-corrected chi connectivity index (χ1v) is 8.29. The van der Waals surface area contributed by atoms with E-state index < -0.39 is 5.60 Å². The van der Waals surface area contributed by atoms with Crippen molar-refractivity contribution < 1.29 is 9.53 Å². The highest BCUT2D eigenvalue weighted by Crippen LogP contribution is 2.30. The van der Waals surface area contributed by atoms with Crippen molar-refractivity contribution in [1.29, 1.82) is 0 Å². The molecule has 0 bridgehead atoms. The number of piperidine rings is 2. The zero-order chi connectivity index (χ0) is 15.5. The SMILES string of the molecule is CC(C)(C)OC(=O)N1CCCC(CN)(N2CCCCC2)C1. The Morgan fingerprint density at radius 3 is 2.38 bits per heavy atom. The number of ether oxygens (including phenoxy) is 1. The Bertz CT molecular complexity index is 361. The average Bonchev–Trinajstić information content (AvgIpc) is 2.46. The quantitative estimate of drug-likeness (QED) is 0.849. The second kappa shape index (κ2) is 6.53. The van der Waals surface area contributed by atoms with E-state index in [1.165, 1.54) is 19.3 Å². The van der Waals surface area contributed by atoms with Gasteiger partial charge < -0.3 is 15.4 Å². The van der Waals surface area contributed by atoms with Crippen LogP contribution < -0.4 is 5.73 Å². The van der Waals surface area contributed by atoms with Crippen molar-refractivity contribution in [2.24, 2.45) is 5.73 Å². The predicted octanol–water partition coefficient (Wildman–Crippen LogP) is 2.20. The van der Waals surface area contributed by atoms with Gasteiger partial charge in [0.15, 0.2) is 0 Å². The molecule has 2 fully saturated rings. The van der Waals surface area contributed by atoms with Gasteiger partial charge in [0, 0.05) is 19.6 Å². The number of hydrogen-bond donors (Lipinski definition) is 1. The van der Waals surface area contributed by atoms with E-state index in [0.717, 1.165) is 32.5 Å². The van der Waals surface area contributed by atoms with Gasteiger partial charge in [-0.1, -0.05) is 6.42 Å². The van der Waals surface area contributed by atoms with E-state index in [1.807, 2.05) is 25.7 Å². The van der Waals surface area contributed by atoms with E-state index in [2.05, 4.69) is 4.90 Å². The standard InChI is InChI=1S/C16H31N3O2/c1-15(2,3)21-14(20)18-9-7-8-16(12-17,13-18)19-10-5-4-6-11-19/h4-13,17H2,1-3H3. The topological polar surface area (TPSA) is 58.8 Å². The Morgan fingerprint density at radius 2 is 1.81 bits per heavy atom. The first kappa shape index (κ1) is 16.6. The maximum atomic E-state index is 12.3. The molecule has 2 rings (SSSR count). The van der Waals surface area contributed by atoms with Crippen molar-refractivity contribution in [2.45, 2.75) is 64.0 Å². The van der Waals surface area contributed by atoms with Crippen LogP contribution in [0.1, 0.15) is 52.9 Å². The fourth-order valence-corrected chi connectivity index (χ4v) is 3.52. The first-order chi connectivity index (χ1) is 9.86. The lowest BCUT2D eigenvalue weighted by Gasteiger charge is -2.50. The molecule has 1 amide bonds. The van der Waals surface area contributed by atoms with Gasteiger partial charge in [-0.3, -0.25) is 4.90 Å². The summed E-state index contributed by atoms with van der Waals surface area (Å²) in [5.41, 5.74) is 5.65. The number of likely N-dealkylation sites (tertiary alicyclic amines) is 2. The molecule has 2 aliphatic rings. The van der Waals surface area contributed by atoms with Crippen molar-refractivity contribution in [3.8, 4) is 0 Å². The van der Waals surface area contributed by atoms with Crippen LogP contribution >= 0.6 is 0 Å². The van der Waals surface area contributed by atoms with Crippen LogP contribution in [-0.2, 0) is 4.74 Å². The Morgan fingerprint density at radius 1 is 1.14 bits per heavy atom. The first-order valence-electron chi connectivity index (χ1n) is 8.29. The zero-order valence-electron chi connectivity index (χ0n) is 13.9. The highest BCUT2D eigenvalue weighted by Gasteiger charge is 2.42. The number of nitrogens with two attached hydrogens (primary N) is 1. The molecule has 2 aliphatic heterocycles. The summed E-state index contributed by atoms with van der Waals surface area (Å²) >= 11 is 0. The summed E-state index contributed by atoms with van der Waals surface area (Å²) in [4.78, 5) is 16.7. The minimum Gasteiger partial charge on any atom is -0.444 e. The summed E-state index contributed by atoms with van der Waals surface area (Å²) in [6.45, 7) is 10.1. The van der Waals surface area contributed by atoms with E-state index in [1.54, 1.807) is 0 Å². The molecule has 0 aromatic rings. The summed E-state index contributed by atoms with van der Waals surface area (Å²) in [5.74, 6) is 0. The van der Waals surface area contributed by atoms with Gasteiger partial charge in [0.25, 0.3) is 0 Å². The lowest BCUT2D eigenvalue weighted by Crippen LogP contribution is -2.64. The summed E-state index contributed by atoms with van der Waals surface area (Å²) in [6.07, 6.45) is 5.70. The maximum absolute atomic E-state index is 12.3. The van der Waals surface area contributed by atoms with Crippen molar-refractivity contribution in [2.75, 3.05) is 32.7 Å². The molecule has 5 nitrogen and oxygen atoms in total. The monoisotopic (exact) mass is 297 g/mol. The molecule has 0 aromatic carbocycles. The molecule has 0 radical (unpaired) electrons. The molecule has 0 spiro atoms. The highest BCUT2D eigenvalue weighted by atomic mass is 16.6. The highest BCUT2D eigenvalue weighted by molar-refractivity contribution is 5.68. The second-order valence-corrected chi connectivity index (χ2v) is 7.48. The van der Waals surface area contributed by atoms with E-state index in [0.29, 0.717) is 13.1 Å². The van der Waals surface area contributed by atoms with Crippen LogP contribution in [0.5, 0.6) is 0 Å². The molecule has 0 saturated carbocycles. The number of amides is 1. The van der Waals surface area contributed by atoms with Crippen LogP contribution in [0.25, 0.3) is 0 Å². The normalized spacial score (nSPS) is 28.5. The molecular weight excluding hydrogens is 266 g/mol. The van der Waals surface area contributed by atoms with E-state index in [-0.39, 0.29) is 11.6 Å². The van der Waals surface area contributed by atoms with Crippen LogP contribution in [-0.4, -0.2) is 59.8 Å². The Hall–Kier alpha value is -0.810. The van der Waals surface area contributed by atoms with Crippen molar-refractivity contribution in [3.63, 3.8) is 0 Å². The lowest BCUT2D eigenvalue weighted by molar-refractivity contribution is -0.0189. The summed E-state index contributed by atoms with van der Waals surface area (Å²) in [7, 11) is 0. The van der Waals surface area contributed by atoms with Crippen LogP contribution in [0.15, 0.2) is 0 Å². The van der Waals surface area contributed by atoms with Gasteiger partial charge in [-0.15, -0.1) is 0 Å². The second-order valence-electron chi connectivity index (χ2n) is 7.48. The summed E-state index contributed by atoms with van der Waals surface area (Å²) in [6, 6.07) is 0. The minimum atomic E-state index is -0.439. The van der Waals surface area contributed by atoms with Crippen LogP contribution in [0.4, 0.5) is 4.79 Å². The lowest BCUT2D eigenvalue weighted by atomic mass is 9.85. The third-order valence-electron chi connectivity index (χ3n) is 4.61. The number of rotatable bonds is 2. The Balaban J connectivity index is 2.05. The third kappa shape index (κ3) is 4.10. The van der Waals surface area contributed by atoms with Gasteiger partial charge in [-0.25, -0.2) is 4.79 Å². The number of carbonyl (C=O) groups is 1. The molecule has 0 aromatic heterocycles. The van der Waals surface area contributed by atoms with Crippen molar-refractivity contribution in [1.82, 2.24) is 9.80 Å². The van der Waals surface area contributed by atoms with E-state index >= 15 is 0 Å². The van der Waals surface area contributed by atoms with Crippen LogP contribution in [0.3, 0.4) is 0 Å². The Labute approximate surface area is 128 Å². The molecule has 2 N–H and O–H groups in total. The smallest absolute Gasteiger partial charge is 0.410 e. The summed E-state index contributed by atoms with van der Waals surface area (Å²) < 4.78 is 5.53. The van der Waals surface area contributed by atoms with Gasteiger partial charge in [-0.2, -0.15) is 0 Å².